The van der Waals surface area contributed by atoms with E-state index in [0.29, 0.717) is 16.7 Å². The summed E-state index contributed by atoms with van der Waals surface area (Å²) >= 11 is 5.92. The maximum absolute atomic E-state index is 11.8. The molecule has 90 valence electrons. The van der Waals surface area contributed by atoms with Gasteiger partial charge in [0.25, 0.3) is 0 Å². The Kier molecular flexibility index (Phi) is 1.78. The van der Waals surface area contributed by atoms with Crippen LogP contribution in [-0.2, 0) is 6.54 Å². The molecule has 0 radical (unpaired) electrons. The van der Waals surface area contributed by atoms with Crippen molar-refractivity contribution in [3.8, 4) is 0 Å². The molecule has 1 atom stereocenters. The van der Waals surface area contributed by atoms with Crippen LogP contribution in [-0.4, -0.2) is 21.1 Å². The highest BCUT2D eigenvalue weighted by Gasteiger charge is 2.54. The molecule has 4 nitrogen and oxygen atoms in total. The molecule has 0 aromatic carbocycles. The van der Waals surface area contributed by atoms with Crippen molar-refractivity contribution < 1.29 is 0 Å². The van der Waals surface area contributed by atoms with Gasteiger partial charge < -0.3 is 4.90 Å². The minimum absolute atomic E-state index is 0.197. The highest BCUT2D eigenvalue weighted by Crippen LogP contribution is 2.53. The SMILES string of the molecule is O=c1nc(Cl)cc2n1CC1CCCC3(CC3)N21. The molecule has 2 aliphatic heterocycles. The highest BCUT2D eigenvalue weighted by molar-refractivity contribution is 6.29. The van der Waals surface area contributed by atoms with Gasteiger partial charge >= 0.3 is 5.69 Å². The van der Waals surface area contributed by atoms with Gasteiger partial charge in [-0.3, -0.25) is 4.57 Å². The Balaban J connectivity index is 1.90. The normalized spacial score (nSPS) is 28.1. The van der Waals surface area contributed by atoms with Gasteiger partial charge in [-0.1, -0.05) is 11.6 Å². The number of aromatic nitrogens is 2. The predicted molar refractivity (Wildman–Crippen MR) is 65.6 cm³/mol. The summed E-state index contributed by atoms with van der Waals surface area (Å²) in [6.45, 7) is 0.792. The van der Waals surface area contributed by atoms with Gasteiger partial charge in [0.05, 0.1) is 0 Å². The number of hydrogen-bond acceptors (Lipinski definition) is 3. The fourth-order valence-electron chi connectivity index (χ4n) is 3.59. The molecule has 1 spiro atoms. The van der Waals surface area contributed by atoms with E-state index in [9.17, 15) is 4.79 Å². The number of hydrogen-bond donors (Lipinski definition) is 0. The van der Waals surface area contributed by atoms with Crippen LogP contribution in [0.15, 0.2) is 10.9 Å². The van der Waals surface area contributed by atoms with Crippen molar-refractivity contribution in [3.05, 3.63) is 21.7 Å². The van der Waals surface area contributed by atoms with Crippen LogP contribution in [0.1, 0.15) is 32.1 Å². The fraction of sp³-hybridized carbons (Fsp3) is 0.667. The van der Waals surface area contributed by atoms with Crippen LogP contribution in [0.3, 0.4) is 0 Å². The van der Waals surface area contributed by atoms with Gasteiger partial charge in [-0.25, -0.2) is 4.79 Å². The first-order valence-electron chi connectivity index (χ1n) is 6.26. The van der Waals surface area contributed by atoms with Crippen LogP contribution in [0.5, 0.6) is 0 Å². The third kappa shape index (κ3) is 1.25. The van der Waals surface area contributed by atoms with Crippen molar-refractivity contribution in [1.29, 1.82) is 0 Å². The van der Waals surface area contributed by atoms with Crippen LogP contribution in [0.25, 0.3) is 0 Å². The van der Waals surface area contributed by atoms with Gasteiger partial charge in [-0.15, -0.1) is 0 Å². The van der Waals surface area contributed by atoms with Crippen molar-refractivity contribution >= 4 is 17.4 Å². The van der Waals surface area contributed by atoms with E-state index in [1.807, 2.05) is 6.07 Å². The molecule has 1 aromatic heterocycles. The average Bonchev–Trinajstić information content (AvgIpc) is 2.91. The van der Waals surface area contributed by atoms with Crippen LogP contribution in [0, 0.1) is 0 Å². The predicted octanol–water partition coefficient (Wildman–Crippen LogP) is 1.80. The minimum Gasteiger partial charge on any atom is -0.347 e. The molecule has 1 aromatic rings. The molecule has 0 bridgehead atoms. The van der Waals surface area contributed by atoms with Gasteiger partial charge in [0.1, 0.15) is 11.0 Å². The molecule has 1 saturated heterocycles. The third-order valence-corrected chi connectivity index (χ3v) is 4.67. The second-order valence-corrected chi connectivity index (χ2v) is 5.86. The number of rotatable bonds is 0. The zero-order valence-electron chi connectivity index (χ0n) is 9.53. The molecule has 3 heterocycles. The van der Waals surface area contributed by atoms with Gasteiger partial charge in [-0.2, -0.15) is 4.98 Å². The summed E-state index contributed by atoms with van der Waals surface area (Å²) in [5.41, 5.74) is 0.149. The van der Waals surface area contributed by atoms with E-state index in [2.05, 4.69) is 9.88 Å². The Labute approximate surface area is 104 Å². The maximum Gasteiger partial charge on any atom is 0.350 e. The number of fused-ring (bicyclic) bond motifs is 4. The summed E-state index contributed by atoms with van der Waals surface area (Å²) in [5, 5.41) is 0.322. The van der Waals surface area contributed by atoms with E-state index in [1.54, 1.807) is 4.57 Å². The molecule has 1 unspecified atom stereocenters. The topological polar surface area (TPSA) is 38.1 Å². The minimum atomic E-state index is -0.197. The zero-order chi connectivity index (χ0) is 11.6. The summed E-state index contributed by atoms with van der Waals surface area (Å²) in [6.07, 6.45) is 6.25. The smallest absolute Gasteiger partial charge is 0.347 e. The molecule has 3 aliphatic rings. The summed E-state index contributed by atoms with van der Waals surface area (Å²) in [4.78, 5) is 18.1. The van der Waals surface area contributed by atoms with Gasteiger partial charge in [0.2, 0.25) is 0 Å². The molecule has 1 saturated carbocycles. The Hall–Kier alpha value is -1.03. The van der Waals surface area contributed by atoms with E-state index in [4.69, 9.17) is 11.6 Å². The maximum atomic E-state index is 11.8. The highest BCUT2D eigenvalue weighted by atomic mass is 35.5. The van der Waals surface area contributed by atoms with Gasteiger partial charge in [0, 0.05) is 24.2 Å². The molecule has 2 fully saturated rings. The zero-order valence-corrected chi connectivity index (χ0v) is 10.3. The largest absolute Gasteiger partial charge is 0.350 e. The quantitative estimate of drug-likeness (QED) is 0.660. The van der Waals surface area contributed by atoms with Crippen molar-refractivity contribution in [2.75, 3.05) is 4.90 Å². The number of halogens is 1. The van der Waals surface area contributed by atoms with Crippen molar-refractivity contribution in [1.82, 2.24) is 9.55 Å². The first kappa shape index (κ1) is 9.95. The standard InChI is InChI=1S/C12H14ClN3O/c13-9-6-10-15(11(17)14-9)7-8-2-1-3-12(4-5-12)16(8)10/h6,8H,1-5,7H2. The summed E-state index contributed by atoms with van der Waals surface area (Å²) < 4.78 is 1.79. The summed E-state index contributed by atoms with van der Waals surface area (Å²) in [6, 6.07) is 2.34. The van der Waals surface area contributed by atoms with Crippen molar-refractivity contribution in [3.63, 3.8) is 0 Å². The van der Waals surface area contributed by atoms with Crippen LogP contribution in [0.2, 0.25) is 5.15 Å². The second kappa shape index (κ2) is 3.05. The third-order valence-electron chi connectivity index (χ3n) is 4.48. The molecule has 4 rings (SSSR count). The number of piperidine rings is 1. The van der Waals surface area contributed by atoms with Gasteiger partial charge in [-0.05, 0) is 32.1 Å². The molecule has 5 heteroatoms. The Morgan fingerprint density at radius 3 is 3.00 bits per heavy atom. The monoisotopic (exact) mass is 251 g/mol. The molecule has 0 N–H and O–H groups in total. The Morgan fingerprint density at radius 1 is 1.41 bits per heavy atom. The Morgan fingerprint density at radius 2 is 2.24 bits per heavy atom. The Bertz CT molecular complexity index is 549. The lowest BCUT2D eigenvalue weighted by Crippen LogP contribution is -2.46. The fourth-order valence-corrected chi connectivity index (χ4v) is 3.76. The summed E-state index contributed by atoms with van der Waals surface area (Å²) in [5.74, 6) is 0.997. The second-order valence-electron chi connectivity index (χ2n) is 5.47. The average molecular weight is 252 g/mol. The van der Waals surface area contributed by atoms with Crippen LogP contribution < -0.4 is 10.6 Å². The summed E-state index contributed by atoms with van der Waals surface area (Å²) in [7, 11) is 0. The molecular weight excluding hydrogens is 238 g/mol. The van der Waals surface area contributed by atoms with Gasteiger partial charge in [0.15, 0.2) is 0 Å². The lowest BCUT2D eigenvalue weighted by atomic mass is 9.95. The van der Waals surface area contributed by atoms with Crippen molar-refractivity contribution in [2.24, 2.45) is 0 Å². The lowest BCUT2D eigenvalue weighted by Gasteiger charge is -2.39. The first-order chi connectivity index (χ1) is 8.20. The molecular formula is C12H14ClN3O. The van der Waals surface area contributed by atoms with Crippen LogP contribution in [0.4, 0.5) is 5.82 Å². The lowest BCUT2D eigenvalue weighted by molar-refractivity contribution is 0.373. The molecule has 17 heavy (non-hydrogen) atoms. The molecule has 0 amide bonds. The van der Waals surface area contributed by atoms with E-state index in [1.165, 1.54) is 32.1 Å². The van der Waals surface area contributed by atoms with E-state index >= 15 is 0 Å². The van der Waals surface area contributed by atoms with E-state index in [-0.39, 0.29) is 5.69 Å². The number of nitrogens with zero attached hydrogens (tertiary/aromatic N) is 3. The molecule has 1 aliphatic carbocycles. The van der Waals surface area contributed by atoms with E-state index < -0.39 is 0 Å². The van der Waals surface area contributed by atoms with E-state index in [0.717, 1.165) is 12.4 Å². The van der Waals surface area contributed by atoms with Crippen molar-refractivity contribution in [2.45, 2.75) is 50.2 Å². The first-order valence-corrected chi connectivity index (χ1v) is 6.64. The van der Waals surface area contributed by atoms with Crippen LogP contribution >= 0.6 is 11.6 Å². The number of anilines is 1.